The third-order valence-electron chi connectivity index (χ3n) is 5.53. The van der Waals surface area contributed by atoms with Crippen LogP contribution in [-0.4, -0.2) is 27.8 Å². The average molecular weight is 405 g/mol. The molecule has 1 fully saturated rings. The number of benzene rings is 2. The molecular weight excluding hydrogens is 378 g/mol. The van der Waals surface area contributed by atoms with Gasteiger partial charge in [0.05, 0.1) is 0 Å². The van der Waals surface area contributed by atoms with Crippen LogP contribution in [0.4, 0.5) is 0 Å². The molecule has 0 radical (unpaired) electrons. The first-order valence-electron chi connectivity index (χ1n) is 10.5. The Hall–Kier alpha value is -2.99. The number of rotatable bonds is 7. The minimum Gasteiger partial charge on any atom is -0.481 e. The van der Waals surface area contributed by atoms with Gasteiger partial charge in [-0.2, -0.15) is 4.98 Å². The van der Waals surface area contributed by atoms with Gasteiger partial charge < -0.3 is 14.9 Å². The van der Waals surface area contributed by atoms with Crippen molar-refractivity contribution in [3.63, 3.8) is 0 Å². The number of carboxylic acid groups (broad SMARTS) is 1. The molecule has 1 aliphatic rings. The number of nitrogens with one attached hydrogen (secondary N) is 1. The Morgan fingerprint density at radius 3 is 2.50 bits per heavy atom. The smallest absolute Gasteiger partial charge is 0.303 e. The predicted molar refractivity (Wildman–Crippen MR) is 115 cm³/mol. The fourth-order valence-electron chi connectivity index (χ4n) is 4.04. The molecule has 0 amide bonds. The molecule has 2 N–H and O–H groups in total. The van der Waals surface area contributed by atoms with Gasteiger partial charge in [0.1, 0.15) is 0 Å². The highest BCUT2D eigenvalue weighted by Crippen LogP contribution is 2.30. The minimum absolute atomic E-state index is 0.180. The van der Waals surface area contributed by atoms with Crippen LogP contribution in [0.2, 0.25) is 0 Å². The van der Waals surface area contributed by atoms with Gasteiger partial charge in [-0.05, 0) is 54.5 Å². The number of hydrogen-bond donors (Lipinski definition) is 2. The zero-order chi connectivity index (χ0) is 21.1. The normalized spacial score (nSPS) is 18.8. The number of aromatic nitrogens is 2. The molecule has 3 aromatic rings. The maximum absolute atomic E-state index is 10.9. The van der Waals surface area contributed by atoms with Gasteiger partial charge in [0.15, 0.2) is 0 Å². The second-order valence-electron chi connectivity index (χ2n) is 8.50. The lowest BCUT2D eigenvalue weighted by molar-refractivity contribution is -0.137. The van der Waals surface area contributed by atoms with E-state index in [9.17, 15) is 4.79 Å². The van der Waals surface area contributed by atoms with E-state index in [0.29, 0.717) is 17.6 Å². The molecule has 2 heterocycles. The molecule has 2 atom stereocenters. The molecule has 0 unspecified atom stereocenters. The highest BCUT2D eigenvalue weighted by Gasteiger charge is 2.26. The maximum Gasteiger partial charge on any atom is 0.303 e. The highest BCUT2D eigenvalue weighted by atomic mass is 16.5. The molecular formula is C24H27N3O3. The Balaban J connectivity index is 1.43. The van der Waals surface area contributed by atoms with Gasteiger partial charge in [-0.25, -0.2) is 0 Å². The van der Waals surface area contributed by atoms with Crippen LogP contribution in [0.5, 0.6) is 0 Å². The van der Waals surface area contributed by atoms with E-state index >= 15 is 0 Å². The molecule has 1 aromatic heterocycles. The summed E-state index contributed by atoms with van der Waals surface area (Å²) in [5.74, 6) is 1.14. The summed E-state index contributed by atoms with van der Waals surface area (Å²) in [6, 6.07) is 16.5. The van der Waals surface area contributed by atoms with Gasteiger partial charge >= 0.3 is 5.97 Å². The van der Waals surface area contributed by atoms with Crippen molar-refractivity contribution >= 4 is 5.97 Å². The van der Waals surface area contributed by atoms with Crippen molar-refractivity contribution in [1.82, 2.24) is 15.5 Å². The largest absolute Gasteiger partial charge is 0.481 e. The number of hydrogen-bond acceptors (Lipinski definition) is 5. The second kappa shape index (κ2) is 8.79. The second-order valence-corrected chi connectivity index (χ2v) is 8.50. The van der Waals surface area contributed by atoms with Crippen LogP contribution in [0, 0.1) is 11.8 Å². The van der Waals surface area contributed by atoms with Crippen LogP contribution >= 0.6 is 0 Å². The third-order valence-corrected chi connectivity index (χ3v) is 5.53. The van der Waals surface area contributed by atoms with Crippen molar-refractivity contribution in [1.29, 1.82) is 0 Å². The van der Waals surface area contributed by atoms with Crippen molar-refractivity contribution < 1.29 is 14.4 Å². The van der Waals surface area contributed by atoms with Gasteiger partial charge in [-0.1, -0.05) is 55.4 Å². The van der Waals surface area contributed by atoms with Gasteiger partial charge in [0.25, 0.3) is 5.89 Å². The summed E-state index contributed by atoms with van der Waals surface area (Å²) in [5.41, 5.74) is 4.26. The summed E-state index contributed by atoms with van der Waals surface area (Å²) < 4.78 is 5.48. The summed E-state index contributed by atoms with van der Waals surface area (Å²) in [4.78, 5) is 15.5. The molecule has 6 nitrogen and oxygen atoms in total. The van der Waals surface area contributed by atoms with E-state index in [1.165, 1.54) is 5.56 Å². The molecule has 0 bridgehead atoms. The Morgan fingerprint density at radius 1 is 1.13 bits per heavy atom. The number of carboxylic acids is 1. The van der Waals surface area contributed by atoms with Crippen LogP contribution in [-0.2, 0) is 11.2 Å². The minimum atomic E-state index is -0.736. The molecule has 6 heteroatoms. The SMILES string of the molecule is CC(C)Cc1ccc(-c2nc(-c3ccc([C@@H]4C[C@H](CC(=O)O)CN4)cc3)no2)cc1. The Labute approximate surface area is 176 Å². The van der Waals surface area contributed by atoms with Gasteiger partial charge in [-0.3, -0.25) is 4.79 Å². The van der Waals surface area contributed by atoms with E-state index in [-0.39, 0.29) is 18.4 Å². The first kappa shape index (κ1) is 20.3. The van der Waals surface area contributed by atoms with E-state index in [0.717, 1.165) is 36.1 Å². The highest BCUT2D eigenvalue weighted by molar-refractivity contribution is 5.67. The van der Waals surface area contributed by atoms with Crippen LogP contribution < -0.4 is 5.32 Å². The van der Waals surface area contributed by atoms with Gasteiger partial charge in [-0.15, -0.1) is 0 Å². The van der Waals surface area contributed by atoms with E-state index in [1.54, 1.807) is 0 Å². The Bertz CT molecular complexity index is 993. The number of aliphatic carboxylic acids is 1. The molecule has 30 heavy (non-hydrogen) atoms. The van der Waals surface area contributed by atoms with E-state index < -0.39 is 5.97 Å². The third kappa shape index (κ3) is 4.76. The molecule has 1 saturated heterocycles. The van der Waals surface area contributed by atoms with E-state index in [1.807, 2.05) is 36.4 Å². The molecule has 2 aromatic carbocycles. The molecule has 0 spiro atoms. The Kier molecular flexibility index (Phi) is 5.95. The number of nitrogens with zero attached hydrogens (tertiary/aromatic N) is 2. The molecule has 1 aliphatic heterocycles. The average Bonchev–Trinajstić information content (AvgIpc) is 3.38. The van der Waals surface area contributed by atoms with Gasteiger partial charge in [0, 0.05) is 23.6 Å². The Morgan fingerprint density at radius 2 is 1.83 bits per heavy atom. The van der Waals surface area contributed by atoms with Crippen LogP contribution in [0.3, 0.4) is 0 Å². The lowest BCUT2D eigenvalue weighted by Crippen LogP contribution is -2.14. The monoisotopic (exact) mass is 405 g/mol. The molecule has 4 rings (SSSR count). The van der Waals surface area contributed by atoms with Crippen molar-refractivity contribution in [3.05, 3.63) is 59.7 Å². The van der Waals surface area contributed by atoms with Crippen LogP contribution in [0.25, 0.3) is 22.8 Å². The summed E-state index contributed by atoms with van der Waals surface area (Å²) in [6.45, 7) is 5.16. The van der Waals surface area contributed by atoms with Gasteiger partial charge in [0.2, 0.25) is 5.82 Å². The quantitative estimate of drug-likeness (QED) is 0.591. The summed E-state index contributed by atoms with van der Waals surface area (Å²) in [6.07, 6.45) is 2.10. The fourth-order valence-corrected chi connectivity index (χ4v) is 4.04. The van der Waals surface area contributed by atoms with Crippen molar-refractivity contribution in [2.75, 3.05) is 6.54 Å². The van der Waals surface area contributed by atoms with E-state index in [2.05, 4.69) is 41.4 Å². The lowest BCUT2D eigenvalue weighted by Gasteiger charge is -2.11. The zero-order valence-electron chi connectivity index (χ0n) is 17.3. The van der Waals surface area contributed by atoms with Crippen LogP contribution in [0.15, 0.2) is 53.1 Å². The number of carbonyl (C=O) groups is 1. The standard InChI is InChI=1S/C24H27N3O3/c1-15(2)11-16-3-5-20(6-4-16)24-26-23(27-30-24)19-9-7-18(8-10-19)21-12-17(14-25-21)13-22(28)29/h3-10,15,17,21,25H,11-14H2,1-2H3,(H,28,29)/t17-,21+/m1/s1. The zero-order valence-corrected chi connectivity index (χ0v) is 17.3. The first-order valence-corrected chi connectivity index (χ1v) is 10.5. The van der Waals surface area contributed by atoms with Crippen LogP contribution in [0.1, 0.15) is 43.9 Å². The van der Waals surface area contributed by atoms with Crippen molar-refractivity contribution in [2.24, 2.45) is 11.8 Å². The first-order chi connectivity index (χ1) is 14.5. The predicted octanol–water partition coefficient (Wildman–Crippen LogP) is 4.73. The fraction of sp³-hybridized carbons (Fsp3) is 0.375. The maximum atomic E-state index is 10.9. The summed E-state index contributed by atoms with van der Waals surface area (Å²) in [5, 5.41) is 16.5. The van der Waals surface area contributed by atoms with Crippen molar-refractivity contribution in [2.45, 2.75) is 39.2 Å². The lowest BCUT2D eigenvalue weighted by atomic mass is 9.97. The van der Waals surface area contributed by atoms with Crippen molar-refractivity contribution in [3.8, 4) is 22.8 Å². The molecule has 0 saturated carbocycles. The summed E-state index contributed by atoms with van der Waals surface area (Å²) >= 11 is 0. The van der Waals surface area contributed by atoms with E-state index in [4.69, 9.17) is 9.63 Å². The molecule has 0 aliphatic carbocycles. The summed E-state index contributed by atoms with van der Waals surface area (Å²) in [7, 11) is 0. The topological polar surface area (TPSA) is 88.2 Å². The molecule has 156 valence electrons.